The van der Waals surface area contributed by atoms with E-state index in [1.807, 2.05) is 0 Å². The van der Waals surface area contributed by atoms with Crippen LogP contribution in [0.1, 0.15) is 40.0 Å². The van der Waals surface area contributed by atoms with Crippen molar-refractivity contribution < 1.29 is 9.53 Å². The molecule has 102 valence electrons. The summed E-state index contributed by atoms with van der Waals surface area (Å²) in [5, 5.41) is 0. The minimum absolute atomic E-state index is 0.120. The number of amides is 1. The van der Waals surface area contributed by atoms with E-state index >= 15 is 0 Å². The molecule has 0 fully saturated rings. The Kier molecular flexibility index (Phi) is 9.03. The van der Waals surface area contributed by atoms with Crippen molar-refractivity contribution in [2.24, 2.45) is 5.84 Å². The molecule has 0 aliphatic carbocycles. The molecule has 0 saturated heterocycles. The molecule has 1 unspecified atom stereocenters. The molecule has 0 saturated carbocycles. The second kappa shape index (κ2) is 9.39. The highest BCUT2D eigenvalue weighted by Gasteiger charge is 2.22. The summed E-state index contributed by atoms with van der Waals surface area (Å²) < 4.78 is 5.13. The quantitative estimate of drug-likeness (QED) is 0.360. The topological polar surface area (TPSA) is 67.6 Å². The maximum absolute atomic E-state index is 11.3. The lowest BCUT2D eigenvalue weighted by molar-refractivity contribution is -0.122. The lowest BCUT2D eigenvalue weighted by atomic mass is 10.1. The number of nitrogens with two attached hydrogens (primary N) is 1. The van der Waals surface area contributed by atoms with Gasteiger partial charge in [0.15, 0.2) is 0 Å². The summed E-state index contributed by atoms with van der Waals surface area (Å²) in [4.78, 5) is 13.6. The Labute approximate surface area is 105 Å². The number of hydrazine groups is 1. The van der Waals surface area contributed by atoms with Crippen LogP contribution in [-0.2, 0) is 9.53 Å². The Bertz CT molecular complexity index is 208. The van der Waals surface area contributed by atoms with Crippen LogP contribution in [0.25, 0.3) is 0 Å². The maximum atomic E-state index is 11.3. The summed E-state index contributed by atoms with van der Waals surface area (Å²) in [5.74, 6) is 5.00. The minimum atomic E-state index is -0.120. The number of ether oxygens (including phenoxy) is 1. The number of methoxy groups -OCH3 is 1. The lowest BCUT2D eigenvalue weighted by Crippen LogP contribution is -2.46. The summed E-state index contributed by atoms with van der Waals surface area (Å²) in [6, 6.07) is 0.671. The Morgan fingerprint density at radius 2 is 2.00 bits per heavy atom. The second-order valence-corrected chi connectivity index (χ2v) is 4.32. The van der Waals surface area contributed by atoms with Crippen LogP contribution in [0.15, 0.2) is 0 Å². The number of nitrogens with zero attached hydrogens (tertiary/aromatic N) is 1. The van der Waals surface area contributed by atoms with Gasteiger partial charge >= 0.3 is 0 Å². The van der Waals surface area contributed by atoms with Gasteiger partial charge in [0, 0.05) is 32.2 Å². The fourth-order valence-corrected chi connectivity index (χ4v) is 2.16. The lowest BCUT2D eigenvalue weighted by Gasteiger charge is -2.35. The molecular formula is C12H27N3O2. The first-order valence-corrected chi connectivity index (χ1v) is 6.34. The highest BCUT2D eigenvalue weighted by Crippen LogP contribution is 2.14. The highest BCUT2D eigenvalue weighted by atomic mass is 16.5. The molecule has 0 rings (SSSR count). The van der Waals surface area contributed by atoms with Gasteiger partial charge in [-0.1, -0.05) is 13.8 Å². The van der Waals surface area contributed by atoms with Crippen molar-refractivity contribution in [1.29, 1.82) is 0 Å². The molecule has 0 spiro atoms. The third-order valence-corrected chi connectivity index (χ3v) is 3.17. The van der Waals surface area contributed by atoms with Gasteiger partial charge in [-0.15, -0.1) is 0 Å². The van der Waals surface area contributed by atoms with Crippen molar-refractivity contribution in [3.63, 3.8) is 0 Å². The third-order valence-electron chi connectivity index (χ3n) is 3.17. The van der Waals surface area contributed by atoms with Gasteiger partial charge in [0.05, 0.1) is 6.61 Å². The number of hydrogen-bond donors (Lipinski definition) is 2. The van der Waals surface area contributed by atoms with Crippen molar-refractivity contribution in [2.75, 3.05) is 20.3 Å². The smallest absolute Gasteiger partial charge is 0.235 e. The van der Waals surface area contributed by atoms with Gasteiger partial charge < -0.3 is 4.74 Å². The molecule has 0 aliphatic rings. The van der Waals surface area contributed by atoms with Crippen LogP contribution in [0.5, 0.6) is 0 Å². The van der Waals surface area contributed by atoms with Gasteiger partial charge in [0.25, 0.3) is 0 Å². The molecule has 1 amide bonds. The minimum Gasteiger partial charge on any atom is -0.383 e. The predicted octanol–water partition coefficient (Wildman–Crippen LogP) is 0.892. The summed E-state index contributed by atoms with van der Waals surface area (Å²) >= 11 is 0. The summed E-state index contributed by atoms with van der Waals surface area (Å²) in [5.41, 5.74) is 2.18. The zero-order valence-corrected chi connectivity index (χ0v) is 11.5. The predicted molar refractivity (Wildman–Crippen MR) is 69.4 cm³/mol. The van der Waals surface area contributed by atoms with Gasteiger partial charge in [0.2, 0.25) is 5.91 Å². The average molecular weight is 245 g/mol. The van der Waals surface area contributed by atoms with Crippen molar-refractivity contribution in [2.45, 2.75) is 52.1 Å². The van der Waals surface area contributed by atoms with E-state index in [9.17, 15) is 4.79 Å². The molecule has 0 aliphatic heterocycles. The average Bonchev–Trinajstić information content (AvgIpc) is 2.34. The van der Waals surface area contributed by atoms with Crippen LogP contribution in [0.2, 0.25) is 0 Å². The fraction of sp³-hybridized carbons (Fsp3) is 0.917. The first kappa shape index (κ1) is 16.4. The Morgan fingerprint density at radius 3 is 2.41 bits per heavy atom. The van der Waals surface area contributed by atoms with Crippen molar-refractivity contribution in [3.05, 3.63) is 0 Å². The van der Waals surface area contributed by atoms with E-state index in [0.29, 0.717) is 19.1 Å². The monoisotopic (exact) mass is 245 g/mol. The van der Waals surface area contributed by atoms with Crippen LogP contribution in [-0.4, -0.2) is 43.2 Å². The molecule has 17 heavy (non-hydrogen) atoms. The van der Waals surface area contributed by atoms with E-state index in [4.69, 9.17) is 10.6 Å². The number of carbonyl (C=O) groups is 1. The Hall–Kier alpha value is -0.650. The molecule has 5 heteroatoms. The van der Waals surface area contributed by atoms with Gasteiger partial charge in [-0.3, -0.25) is 15.1 Å². The number of hydrogen-bond acceptors (Lipinski definition) is 4. The molecule has 0 aromatic heterocycles. The zero-order chi connectivity index (χ0) is 13.3. The summed E-state index contributed by atoms with van der Waals surface area (Å²) in [7, 11) is 1.70. The van der Waals surface area contributed by atoms with Crippen molar-refractivity contribution in [1.82, 2.24) is 10.3 Å². The van der Waals surface area contributed by atoms with Gasteiger partial charge in [-0.05, 0) is 19.8 Å². The standard InChI is InChI=1S/C12H27N3O2/c1-5-11(6-2)15(7-8-17-4)10(3)9-12(16)14-13/h10-11H,5-9,13H2,1-4H3,(H,14,16). The van der Waals surface area contributed by atoms with Crippen LogP contribution in [0, 0.1) is 0 Å². The number of rotatable bonds is 9. The van der Waals surface area contributed by atoms with E-state index in [0.717, 1.165) is 19.4 Å². The molecule has 0 radical (unpaired) electrons. The van der Waals surface area contributed by atoms with E-state index in [1.54, 1.807) is 7.11 Å². The highest BCUT2D eigenvalue weighted by molar-refractivity contribution is 5.75. The molecule has 0 aromatic carbocycles. The van der Waals surface area contributed by atoms with Gasteiger partial charge in [-0.2, -0.15) is 0 Å². The van der Waals surface area contributed by atoms with Gasteiger partial charge in [-0.25, -0.2) is 5.84 Å². The van der Waals surface area contributed by atoms with E-state index in [-0.39, 0.29) is 11.9 Å². The van der Waals surface area contributed by atoms with Gasteiger partial charge in [0.1, 0.15) is 0 Å². The van der Waals surface area contributed by atoms with Crippen LogP contribution in [0.3, 0.4) is 0 Å². The molecule has 5 nitrogen and oxygen atoms in total. The maximum Gasteiger partial charge on any atom is 0.235 e. The van der Waals surface area contributed by atoms with E-state index in [1.165, 1.54) is 0 Å². The molecule has 0 bridgehead atoms. The summed E-state index contributed by atoms with van der Waals surface area (Å²) in [6.45, 7) is 7.93. The van der Waals surface area contributed by atoms with E-state index in [2.05, 4.69) is 31.1 Å². The third kappa shape index (κ3) is 6.00. The number of nitrogens with one attached hydrogen (secondary N) is 1. The normalized spacial score (nSPS) is 13.1. The molecule has 3 N–H and O–H groups in total. The second-order valence-electron chi connectivity index (χ2n) is 4.32. The van der Waals surface area contributed by atoms with Crippen LogP contribution < -0.4 is 11.3 Å². The van der Waals surface area contributed by atoms with E-state index < -0.39 is 0 Å². The summed E-state index contributed by atoms with van der Waals surface area (Å²) in [6.07, 6.45) is 2.58. The molecular weight excluding hydrogens is 218 g/mol. The number of carbonyl (C=O) groups excluding carboxylic acids is 1. The SMILES string of the molecule is CCC(CC)N(CCOC)C(C)CC(=O)NN. The molecule has 0 aromatic rings. The molecule has 1 atom stereocenters. The van der Waals surface area contributed by atoms with Crippen LogP contribution in [0.4, 0.5) is 0 Å². The largest absolute Gasteiger partial charge is 0.383 e. The van der Waals surface area contributed by atoms with Crippen LogP contribution >= 0.6 is 0 Å². The Morgan fingerprint density at radius 1 is 1.41 bits per heavy atom. The Balaban J connectivity index is 4.47. The zero-order valence-electron chi connectivity index (χ0n) is 11.5. The first-order chi connectivity index (χ1) is 8.10. The molecule has 0 heterocycles. The van der Waals surface area contributed by atoms with Crippen molar-refractivity contribution in [3.8, 4) is 0 Å². The van der Waals surface area contributed by atoms with Crippen molar-refractivity contribution >= 4 is 5.91 Å². The fourth-order valence-electron chi connectivity index (χ4n) is 2.16. The first-order valence-electron chi connectivity index (χ1n) is 6.34.